The van der Waals surface area contributed by atoms with Crippen LogP contribution < -0.4 is 4.74 Å². The molecule has 0 spiro atoms. The molecule has 6 heteroatoms. The second-order valence-corrected chi connectivity index (χ2v) is 8.00. The van der Waals surface area contributed by atoms with E-state index in [0.717, 1.165) is 62.8 Å². The van der Waals surface area contributed by atoms with Crippen molar-refractivity contribution in [3.05, 3.63) is 77.6 Å². The van der Waals surface area contributed by atoms with Crippen molar-refractivity contribution in [1.82, 2.24) is 19.6 Å². The van der Waals surface area contributed by atoms with E-state index < -0.39 is 0 Å². The van der Waals surface area contributed by atoms with Gasteiger partial charge in [-0.1, -0.05) is 30.3 Å². The molecule has 154 valence electrons. The van der Waals surface area contributed by atoms with Crippen LogP contribution >= 0.6 is 0 Å². The van der Waals surface area contributed by atoms with Crippen LogP contribution in [0.1, 0.15) is 16.7 Å². The number of para-hydroxylation sites is 1. The number of rotatable bonds is 5. The molecule has 1 aromatic heterocycles. The highest BCUT2D eigenvalue weighted by Crippen LogP contribution is 2.26. The van der Waals surface area contributed by atoms with Gasteiger partial charge in [-0.2, -0.15) is 5.10 Å². The normalized spacial score (nSPS) is 16.3. The molecule has 0 saturated carbocycles. The number of fused-ring (bicyclic) bond motifs is 1. The molecule has 0 radical (unpaired) electrons. The average Bonchev–Trinajstić information content (AvgIpc) is 3.44. The van der Waals surface area contributed by atoms with Crippen molar-refractivity contribution in [3.8, 4) is 11.4 Å². The number of hydrogen-bond donors (Lipinski definition) is 0. The Balaban J connectivity index is 1.13. The standard InChI is InChI=1S/C24H26N4O2/c29-24(15-20-16-25-28(18-20)22-4-2-1-3-5-22)27-11-9-26(10-12-27)17-19-6-7-23-21(14-19)8-13-30-23/h1-7,14,16,18H,8-13,15,17H2. The van der Waals surface area contributed by atoms with Crippen molar-refractivity contribution in [1.29, 1.82) is 0 Å². The predicted molar refractivity (Wildman–Crippen MR) is 115 cm³/mol. The third-order valence-electron chi connectivity index (χ3n) is 5.90. The lowest BCUT2D eigenvalue weighted by atomic mass is 10.1. The van der Waals surface area contributed by atoms with Gasteiger partial charge in [-0.25, -0.2) is 4.68 Å². The molecule has 3 heterocycles. The zero-order chi connectivity index (χ0) is 20.3. The van der Waals surface area contributed by atoms with E-state index in [1.165, 1.54) is 11.1 Å². The number of amides is 1. The van der Waals surface area contributed by atoms with Crippen molar-refractivity contribution in [2.45, 2.75) is 19.4 Å². The average molecular weight is 402 g/mol. The SMILES string of the molecule is O=C(Cc1cnn(-c2ccccc2)c1)N1CCN(Cc2ccc3c(c2)CCO3)CC1. The highest BCUT2D eigenvalue weighted by molar-refractivity contribution is 5.78. The number of benzene rings is 2. The third kappa shape index (κ3) is 4.09. The minimum atomic E-state index is 0.178. The Morgan fingerprint density at radius 3 is 2.67 bits per heavy atom. The molecule has 2 aliphatic rings. The van der Waals surface area contributed by atoms with E-state index in [0.29, 0.717) is 6.42 Å². The first-order valence-corrected chi connectivity index (χ1v) is 10.6. The summed E-state index contributed by atoms with van der Waals surface area (Å²) in [5, 5.41) is 4.40. The van der Waals surface area contributed by atoms with Crippen LogP contribution in [0.25, 0.3) is 5.69 Å². The van der Waals surface area contributed by atoms with Gasteiger partial charge < -0.3 is 9.64 Å². The van der Waals surface area contributed by atoms with Crippen molar-refractivity contribution in [3.63, 3.8) is 0 Å². The Morgan fingerprint density at radius 2 is 1.83 bits per heavy atom. The molecule has 0 aliphatic carbocycles. The number of hydrogen-bond acceptors (Lipinski definition) is 4. The maximum Gasteiger partial charge on any atom is 0.227 e. The Labute approximate surface area is 176 Å². The van der Waals surface area contributed by atoms with E-state index in [2.05, 4.69) is 28.2 Å². The van der Waals surface area contributed by atoms with E-state index in [9.17, 15) is 4.79 Å². The van der Waals surface area contributed by atoms with Crippen LogP contribution in [0.15, 0.2) is 60.9 Å². The van der Waals surface area contributed by atoms with Crippen molar-refractivity contribution in [2.75, 3.05) is 32.8 Å². The van der Waals surface area contributed by atoms with Crippen LogP contribution in [0.4, 0.5) is 0 Å². The maximum absolute atomic E-state index is 12.8. The van der Waals surface area contributed by atoms with Gasteiger partial charge in [0.15, 0.2) is 0 Å². The molecule has 0 N–H and O–H groups in total. The lowest BCUT2D eigenvalue weighted by Crippen LogP contribution is -2.48. The van der Waals surface area contributed by atoms with Crippen LogP contribution in [-0.2, 0) is 24.2 Å². The molecular formula is C24H26N4O2. The summed E-state index contributed by atoms with van der Waals surface area (Å²) in [4.78, 5) is 17.2. The molecular weight excluding hydrogens is 376 g/mol. The largest absolute Gasteiger partial charge is 0.493 e. The van der Waals surface area contributed by atoms with Gasteiger partial charge in [0.25, 0.3) is 0 Å². The topological polar surface area (TPSA) is 50.6 Å². The van der Waals surface area contributed by atoms with Gasteiger partial charge in [-0.05, 0) is 34.9 Å². The van der Waals surface area contributed by atoms with E-state index in [1.54, 1.807) is 6.20 Å². The molecule has 0 bridgehead atoms. The smallest absolute Gasteiger partial charge is 0.227 e. The Kier molecular flexibility index (Phi) is 5.24. The van der Waals surface area contributed by atoms with Crippen LogP contribution in [0.3, 0.4) is 0 Å². The van der Waals surface area contributed by atoms with Gasteiger partial charge in [-0.3, -0.25) is 9.69 Å². The summed E-state index contributed by atoms with van der Waals surface area (Å²) in [7, 11) is 0. The molecule has 1 saturated heterocycles. The number of piperazine rings is 1. The van der Waals surface area contributed by atoms with Crippen molar-refractivity contribution in [2.24, 2.45) is 0 Å². The summed E-state index contributed by atoms with van der Waals surface area (Å²) in [6.07, 6.45) is 5.14. The molecule has 0 atom stereocenters. The second-order valence-electron chi connectivity index (χ2n) is 8.00. The van der Waals surface area contributed by atoms with Gasteiger partial charge in [0.05, 0.1) is 24.9 Å². The lowest BCUT2D eigenvalue weighted by molar-refractivity contribution is -0.132. The van der Waals surface area contributed by atoms with Gasteiger partial charge in [0.1, 0.15) is 5.75 Å². The van der Waals surface area contributed by atoms with Crippen molar-refractivity contribution >= 4 is 5.91 Å². The number of ether oxygens (including phenoxy) is 1. The van der Waals surface area contributed by atoms with E-state index in [1.807, 2.05) is 46.1 Å². The fraction of sp³-hybridized carbons (Fsp3) is 0.333. The Hall–Kier alpha value is -3.12. The molecule has 3 aromatic rings. The van der Waals surface area contributed by atoms with E-state index in [4.69, 9.17) is 4.74 Å². The number of aromatic nitrogens is 2. The minimum Gasteiger partial charge on any atom is -0.493 e. The summed E-state index contributed by atoms with van der Waals surface area (Å²) in [6.45, 7) is 5.09. The zero-order valence-electron chi connectivity index (χ0n) is 17.0. The number of carbonyl (C=O) groups is 1. The first kappa shape index (κ1) is 18.9. The van der Waals surface area contributed by atoms with Crippen molar-refractivity contribution < 1.29 is 9.53 Å². The van der Waals surface area contributed by atoms with Crippen LogP contribution in [-0.4, -0.2) is 58.3 Å². The molecule has 1 fully saturated rings. The molecule has 2 aliphatic heterocycles. The Morgan fingerprint density at radius 1 is 1.00 bits per heavy atom. The third-order valence-corrected chi connectivity index (χ3v) is 5.90. The second kappa shape index (κ2) is 8.32. The summed E-state index contributed by atoms with van der Waals surface area (Å²) >= 11 is 0. The highest BCUT2D eigenvalue weighted by atomic mass is 16.5. The van der Waals surface area contributed by atoms with Crippen LogP contribution in [0.2, 0.25) is 0 Å². The zero-order valence-corrected chi connectivity index (χ0v) is 17.0. The fourth-order valence-corrected chi connectivity index (χ4v) is 4.21. The fourth-order valence-electron chi connectivity index (χ4n) is 4.21. The first-order chi connectivity index (χ1) is 14.7. The summed E-state index contributed by atoms with van der Waals surface area (Å²) < 4.78 is 7.42. The van der Waals surface area contributed by atoms with Gasteiger partial charge in [0, 0.05) is 45.3 Å². The van der Waals surface area contributed by atoms with Gasteiger partial charge >= 0.3 is 0 Å². The number of carbonyl (C=O) groups excluding carboxylic acids is 1. The molecule has 5 rings (SSSR count). The van der Waals surface area contributed by atoms with Crippen LogP contribution in [0.5, 0.6) is 5.75 Å². The quantitative estimate of drug-likeness (QED) is 0.659. The van der Waals surface area contributed by atoms with E-state index in [-0.39, 0.29) is 5.91 Å². The predicted octanol–water partition coefficient (Wildman–Crippen LogP) is 2.69. The maximum atomic E-state index is 12.8. The number of nitrogens with zero attached hydrogens (tertiary/aromatic N) is 4. The van der Waals surface area contributed by atoms with Crippen LogP contribution in [0, 0.1) is 0 Å². The molecule has 30 heavy (non-hydrogen) atoms. The Bertz CT molecular complexity index is 1020. The molecule has 6 nitrogen and oxygen atoms in total. The first-order valence-electron chi connectivity index (χ1n) is 10.6. The summed E-state index contributed by atoms with van der Waals surface area (Å²) in [5.41, 5.74) is 4.60. The molecule has 0 unspecified atom stereocenters. The minimum absolute atomic E-state index is 0.178. The highest BCUT2D eigenvalue weighted by Gasteiger charge is 2.22. The molecule has 1 amide bonds. The van der Waals surface area contributed by atoms with Gasteiger partial charge in [-0.15, -0.1) is 0 Å². The molecule has 2 aromatic carbocycles. The lowest BCUT2D eigenvalue weighted by Gasteiger charge is -2.34. The van der Waals surface area contributed by atoms with Gasteiger partial charge in [0.2, 0.25) is 5.91 Å². The monoisotopic (exact) mass is 402 g/mol. The van der Waals surface area contributed by atoms with E-state index >= 15 is 0 Å². The summed E-state index contributed by atoms with van der Waals surface area (Å²) in [5.74, 6) is 1.21. The summed E-state index contributed by atoms with van der Waals surface area (Å²) in [6, 6.07) is 16.5.